The van der Waals surface area contributed by atoms with Gasteiger partial charge in [0.25, 0.3) is 0 Å². The van der Waals surface area contributed by atoms with Crippen molar-refractivity contribution >= 4 is 28.8 Å². The zero-order valence-corrected chi connectivity index (χ0v) is 15.7. The van der Waals surface area contributed by atoms with Crippen molar-refractivity contribution in [1.82, 2.24) is 9.88 Å². The molecule has 3 rings (SSSR count). The van der Waals surface area contributed by atoms with Gasteiger partial charge < -0.3 is 9.80 Å². The average molecular weight is 357 g/mol. The Kier molecular flexibility index (Phi) is 5.18. The summed E-state index contributed by atoms with van der Waals surface area (Å²) < 4.78 is 0. The number of aromatic nitrogens is 1. The number of carbonyl (C=O) groups excluding carboxylic acids is 2. The van der Waals surface area contributed by atoms with Gasteiger partial charge in [-0.1, -0.05) is 6.07 Å². The lowest BCUT2D eigenvalue weighted by molar-refractivity contribution is -0.136. The molecule has 1 aliphatic rings. The van der Waals surface area contributed by atoms with Crippen molar-refractivity contribution < 1.29 is 9.59 Å². The van der Waals surface area contributed by atoms with Crippen LogP contribution in [0.3, 0.4) is 0 Å². The lowest BCUT2D eigenvalue weighted by Gasteiger charge is -2.34. The zero-order valence-electron chi connectivity index (χ0n) is 14.9. The fraction of sp³-hybridized carbons (Fsp3) is 0.421. The van der Waals surface area contributed by atoms with E-state index in [-0.39, 0.29) is 18.4 Å². The molecule has 25 heavy (non-hydrogen) atoms. The van der Waals surface area contributed by atoms with Crippen LogP contribution in [-0.2, 0) is 16.0 Å². The van der Waals surface area contributed by atoms with Crippen LogP contribution in [0.5, 0.6) is 0 Å². The predicted molar refractivity (Wildman–Crippen MR) is 100 cm³/mol. The predicted octanol–water partition coefficient (Wildman–Crippen LogP) is 2.88. The van der Waals surface area contributed by atoms with Gasteiger partial charge in [0.2, 0.25) is 11.8 Å². The smallest absolute Gasteiger partial charge is 0.246 e. The first-order valence-corrected chi connectivity index (χ1v) is 9.37. The number of aryl methyl sites for hydroxylation is 4. The van der Waals surface area contributed by atoms with Gasteiger partial charge in [0, 0.05) is 30.1 Å². The van der Waals surface area contributed by atoms with E-state index in [1.54, 1.807) is 26.6 Å². The first-order chi connectivity index (χ1) is 11.9. The molecule has 2 aromatic rings. The maximum Gasteiger partial charge on any atom is 0.246 e. The fourth-order valence-electron chi connectivity index (χ4n) is 3.21. The number of carbonyl (C=O) groups is 2. The molecule has 132 valence electrons. The molecule has 0 N–H and O–H groups in total. The molecular formula is C19H23N3O2S. The third kappa shape index (κ3) is 4.07. The lowest BCUT2D eigenvalue weighted by Crippen LogP contribution is -2.52. The van der Waals surface area contributed by atoms with E-state index in [0.717, 1.165) is 27.4 Å². The van der Waals surface area contributed by atoms with E-state index in [2.05, 4.69) is 11.1 Å². The Morgan fingerprint density at radius 1 is 1.16 bits per heavy atom. The summed E-state index contributed by atoms with van der Waals surface area (Å²) in [7, 11) is 0. The second-order valence-corrected chi connectivity index (χ2v) is 7.51. The summed E-state index contributed by atoms with van der Waals surface area (Å²) in [4.78, 5) is 33.8. The minimum atomic E-state index is -0.0152. The summed E-state index contributed by atoms with van der Waals surface area (Å²) in [5.74, 6) is 0.0276. The molecule has 0 atom stereocenters. The van der Waals surface area contributed by atoms with E-state index >= 15 is 0 Å². The van der Waals surface area contributed by atoms with Crippen LogP contribution in [0, 0.1) is 20.8 Å². The monoisotopic (exact) mass is 357 g/mol. The second-order valence-electron chi connectivity index (χ2n) is 6.57. The molecule has 0 unspecified atom stereocenters. The number of piperazine rings is 1. The van der Waals surface area contributed by atoms with Gasteiger partial charge in [-0.3, -0.25) is 9.59 Å². The van der Waals surface area contributed by atoms with E-state index in [1.807, 2.05) is 32.9 Å². The molecule has 1 aromatic carbocycles. The number of hydrogen-bond acceptors (Lipinski definition) is 4. The van der Waals surface area contributed by atoms with Crippen LogP contribution < -0.4 is 4.90 Å². The summed E-state index contributed by atoms with van der Waals surface area (Å²) in [5.41, 5.74) is 6.01. The minimum Gasteiger partial charge on any atom is -0.332 e. The Labute approximate surface area is 152 Å². The third-order valence-corrected chi connectivity index (χ3v) is 5.50. The van der Waals surface area contributed by atoms with Gasteiger partial charge in [-0.2, -0.15) is 0 Å². The minimum absolute atomic E-state index is 0.0152. The van der Waals surface area contributed by atoms with Crippen LogP contribution in [0.15, 0.2) is 23.7 Å². The molecule has 2 amide bonds. The number of nitrogens with zero attached hydrogens (tertiary/aromatic N) is 3. The lowest BCUT2D eigenvalue weighted by atomic mass is 10.1. The van der Waals surface area contributed by atoms with E-state index in [9.17, 15) is 9.59 Å². The number of thiazole rings is 1. The highest BCUT2D eigenvalue weighted by atomic mass is 32.1. The Morgan fingerprint density at radius 3 is 2.48 bits per heavy atom. The molecule has 0 saturated carbocycles. The van der Waals surface area contributed by atoms with Crippen molar-refractivity contribution in [2.45, 2.75) is 33.6 Å². The summed E-state index contributed by atoms with van der Waals surface area (Å²) in [6.07, 6.45) is 1.13. The van der Waals surface area contributed by atoms with E-state index in [4.69, 9.17) is 0 Å². The molecule has 1 aliphatic heterocycles. The van der Waals surface area contributed by atoms with Gasteiger partial charge in [0.05, 0.1) is 11.2 Å². The summed E-state index contributed by atoms with van der Waals surface area (Å²) >= 11 is 1.58. The first-order valence-electron chi connectivity index (χ1n) is 8.49. The van der Waals surface area contributed by atoms with Crippen LogP contribution in [0.1, 0.15) is 28.1 Å². The second kappa shape index (κ2) is 7.35. The average Bonchev–Trinajstić information content (AvgIpc) is 2.96. The summed E-state index contributed by atoms with van der Waals surface area (Å²) in [6.45, 7) is 7.31. The van der Waals surface area contributed by atoms with Crippen molar-refractivity contribution in [3.05, 3.63) is 45.4 Å². The van der Waals surface area contributed by atoms with Crippen LogP contribution in [0.2, 0.25) is 0 Å². The Bertz CT molecular complexity index is 779. The summed E-state index contributed by atoms with van der Waals surface area (Å²) in [6, 6.07) is 6.14. The van der Waals surface area contributed by atoms with Crippen molar-refractivity contribution in [3.8, 4) is 0 Å². The normalized spacial score (nSPS) is 14.9. The molecule has 0 aliphatic carbocycles. The molecule has 0 spiro atoms. The number of anilines is 1. The van der Waals surface area contributed by atoms with Gasteiger partial charge in [-0.25, -0.2) is 4.98 Å². The van der Waals surface area contributed by atoms with Crippen molar-refractivity contribution in [2.24, 2.45) is 0 Å². The van der Waals surface area contributed by atoms with Gasteiger partial charge >= 0.3 is 0 Å². The first kappa shape index (κ1) is 17.6. The third-order valence-electron chi connectivity index (χ3n) is 4.50. The van der Waals surface area contributed by atoms with Crippen molar-refractivity contribution in [3.63, 3.8) is 0 Å². The van der Waals surface area contributed by atoms with Crippen LogP contribution in [-0.4, -0.2) is 41.3 Å². The maximum absolute atomic E-state index is 12.5. The van der Waals surface area contributed by atoms with Crippen LogP contribution in [0.4, 0.5) is 5.69 Å². The SMILES string of the molecule is Cc1cc(C)cc(N2CCN(C(=O)CCc3scnc3C)CC2=O)c1. The quantitative estimate of drug-likeness (QED) is 0.845. The molecule has 1 aromatic heterocycles. The van der Waals surface area contributed by atoms with Crippen molar-refractivity contribution in [1.29, 1.82) is 0 Å². The van der Waals surface area contributed by atoms with Crippen molar-refractivity contribution in [2.75, 3.05) is 24.5 Å². The Hall–Kier alpha value is -2.21. The van der Waals surface area contributed by atoms with Gasteiger partial charge in [0.1, 0.15) is 6.54 Å². The Balaban J connectivity index is 1.60. The molecule has 2 heterocycles. The number of benzene rings is 1. The van der Waals surface area contributed by atoms with Crippen LogP contribution in [0.25, 0.3) is 0 Å². The molecule has 6 heteroatoms. The topological polar surface area (TPSA) is 53.5 Å². The van der Waals surface area contributed by atoms with Gasteiger partial charge in [-0.05, 0) is 50.5 Å². The fourth-order valence-corrected chi connectivity index (χ4v) is 3.99. The molecule has 1 fully saturated rings. The number of amides is 2. The van der Waals surface area contributed by atoms with Gasteiger partial charge in [-0.15, -0.1) is 11.3 Å². The highest BCUT2D eigenvalue weighted by Crippen LogP contribution is 2.21. The molecule has 5 nitrogen and oxygen atoms in total. The zero-order chi connectivity index (χ0) is 18.0. The largest absolute Gasteiger partial charge is 0.332 e. The van der Waals surface area contributed by atoms with E-state index in [0.29, 0.717) is 25.9 Å². The molecular weight excluding hydrogens is 334 g/mol. The maximum atomic E-state index is 12.5. The highest BCUT2D eigenvalue weighted by Gasteiger charge is 2.28. The highest BCUT2D eigenvalue weighted by molar-refractivity contribution is 7.09. The number of rotatable bonds is 4. The standard InChI is InChI=1S/C19H23N3O2S/c1-13-8-14(2)10-16(9-13)22-7-6-21(11-19(22)24)18(23)5-4-17-15(3)20-12-25-17/h8-10,12H,4-7,11H2,1-3H3. The van der Waals surface area contributed by atoms with E-state index in [1.165, 1.54) is 0 Å². The van der Waals surface area contributed by atoms with Crippen LogP contribution >= 0.6 is 11.3 Å². The van der Waals surface area contributed by atoms with E-state index < -0.39 is 0 Å². The number of hydrogen-bond donors (Lipinski definition) is 0. The molecule has 0 bridgehead atoms. The molecule has 0 radical (unpaired) electrons. The molecule has 1 saturated heterocycles. The van der Waals surface area contributed by atoms with Gasteiger partial charge in [0.15, 0.2) is 0 Å². The Morgan fingerprint density at radius 2 is 1.88 bits per heavy atom. The summed E-state index contributed by atoms with van der Waals surface area (Å²) in [5, 5.41) is 0.